The molecule has 21 heavy (non-hydrogen) atoms. The third kappa shape index (κ3) is 2.88. The fourth-order valence-corrected chi connectivity index (χ4v) is 2.33. The predicted molar refractivity (Wildman–Crippen MR) is 86.5 cm³/mol. The van der Waals surface area contributed by atoms with Crippen molar-refractivity contribution in [2.75, 3.05) is 0 Å². The van der Waals surface area contributed by atoms with E-state index >= 15 is 0 Å². The average molecular weight is 298 g/mol. The van der Waals surface area contributed by atoms with Gasteiger partial charge in [-0.25, -0.2) is 9.97 Å². The van der Waals surface area contributed by atoms with Crippen molar-refractivity contribution in [1.29, 1.82) is 0 Å². The van der Waals surface area contributed by atoms with Crippen LogP contribution in [0, 0.1) is 0 Å². The van der Waals surface area contributed by atoms with E-state index in [-0.39, 0.29) is 5.41 Å². The van der Waals surface area contributed by atoms with Crippen LogP contribution < -0.4 is 0 Å². The molecule has 0 saturated carbocycles. The lowest BCUT2D eigenvalue weighted by molar-refractivity contribution is 0.568. The molecule has 0 fully saturated rings. The highest BCUT2D eigenvalue weighted by Gasteiger charge is 2.18. The number of fused-ring (bicyclic) bond motifs is 1. The molecule has 0 bridgehead atoms. The largest absolute Gasteiger partial charge is 0.256 e. The Balaban J connectivity index is 2.16. The fraction of sp³-hybridized carbons (Fsp3) is 0.235. The number of benzene rings is 1. The van der Waals surface area contributed by atoms with E-state index in [2.05, 4.69) is 35.7 Å². The van der Waals surface area contributed by atoms with Crippen molar-refractivity contribution >= 4 is 22.5 Å². The van der Waals surface area contributed by atoms with Gasteiger partial charge in [0.1, 0.15) is 5.15 Å². The summed E-state index contributed by atoms with van der Waals surface area (Å²) in [7, 11) is 0. The van der Waals surface area contributed by atoms with Gasteiger partial charge in [0.05, 0.1) is 11.2 Å². The molecule has 0 amide bonds. The van der Waals surface area contributed by atoms with Crippen LogP contribution in [-0.4, -0.2) is 15.0 Å². The fourth-order valence-electron chi connectivity index (χ4n) is 2.15. The third-order valence-electron chi connectivity index (χ3n) is 3.32. The molecule has 3 nitrogen and oxygen atoms in total. The summed E-state index contributed by atoms with van der Waals surface area (Å²) in [4.78, 5) is 13.3. The minimum absolute atomic E-state index is 0.0697. The van der Waals surface area contributed by atoms with Crippen LogP contribution in [-0.2, 0) is 5.41 Å². The Morgan fingerprint density at radius 2 is 1.81 bits per heavy atom. The van der Waals surface area contributed by atoms with Crippen LogP contribution in [0.1, 0.15) is 26.5 Å². The lowest BCUT2D eigenvalue weighted by Gasteiger charge is -2.18. The second kappa shape index (κ2) is 5.08. The standard InChI is InChI=1S/C17H16ClN3/c1-17(2,3)14-10-15(18)21-16(20-14)12-6-7-13-11(9-12)5-4-8-19-13/h4-10H,1-3H3. The second-order valence-electron chi connectivity index (χ2n) is 6.06. The van der Waals surface area contributed by atoms with Crippen LogP contribution in [0.4, 0.5) is 0 Å². The van der Waals surface area contributed by atoms with Gasteiger partial charge < -0.3 is 0 Å². The van der Waals surface area contributed by atoms with Crippen molar-refractivity contribution in [2.45, 2.75) is 26.2 Å². The summed E-state index contributed by atoms with van der Waals surface area (Å²) in [6.45, 7) is 6.33. The highest BCUT2D eigenvalue weighted by atomic mass is 35.5. The average Bonchev–Trinajstić information content (AvgIpc) is 2.45. The van der Waals surface area contributed by atoms with Crippen LogP contribution >= 0.6 is 11.6 Å². The zero-order valence-electron chi connectivity index (χ0n) is 12.3. The quantitative estimate of drug-likeness (QED) is 0.614. The summed E-state index contributed by atoms with van der Waals surface area (Å²) >= 11 is 6.16. The third-order valence-corrected chi connectivity index (χ3v) is 3.52. The molecule has 2 aromatic heterocycles. The van der Waals surface area contributed by atoms with E-state index < -0.39 is 0 Å². The molecule has 4 heteroatoms. The van der Waals surface area contributed by atoms with Gasteiger partial charge >= 0.3 is 0 Å². The van der Waals surface area contributed by atoms with E-state index in [0.29, 0.717) is 11.0 Å². The molecule has 0 aliphatic carbocycles. The van der Waals surface area contributed by atoms with Gasteiger partial charge in [0.15, 0.2) is 5.82 Å². The molecule has 0 atom stereocenters. The Morgan fingerprint density at radius 1 is 1.00 bits per heavy atom. The number of aromatic nitrogens is 3. The summed E-state index contributed by atoms with van der Waals surface area (Å²) in [6.07, 6.45) is 1.79. The Labute approximate surface area is 129 Å². The Morgan fingerprint density at radius 3 is 2.57 bits per heavy atom. The first kappa shape index (κ1) is 14.0. The number of rotatable bonds is 1. The molecule has 1 aromatic carbocycles. The van der Waals surface area contributed by atoms with Crippen molar-refractivity contribution in [3.8, 4) is 11.4 Å². The highest BCUT2D eigenvalue weighted by Crippen LogP contribution is 2.27. The SMILES string of the molecule is CC(C)(C)c1cc(Cl)nc(-c2ccc3ncccc3c2)n1. The summed E-state index contributed by atoms with van der Waals surface area (Å²) in [5.41, 5.74) is 2.77. The van der Waals surface area contributed by atoms with E-state index in [1.807, 2.05) is 36.4 Å². The van der Waals surface area contributed by atoms with Crippen LogP contribution in [0.15, 0.2) is 42.6 Å². The van der Waals surface area contributed by atoms with Crippen LogP contribution in [0.3, 0.4) is 0 Å². The van der Waals surface area contributed by atoms with Gasteiger partial charge in [-0.15, -0.1) is 0 Å². The molecule has 0 N–H and O–H groups in total. The maximum atomic E-state index is 6.16. The molecule has 3 aromatic rings. The molecule has 3 rings (SSSR count). The van der Waals surface area contributed by atoms with Crippen molar-refractivity contribution in [3.05, 3.63) is 53.4 Å². The lowest BCUT2D eigenvalue weighted by Crippen LogP contribution is -2.14. The smallest absolute Gasteiger partial charge is 0.161 e. The highest BCUT2D eigenvalue weighted by molar-refractivity contribution is 6.29. The molecule has 0 saturated heterocycles. The van der Waals surface area contributed by atoms with E-state index in [0.717, 1.165) is 22.2 Å². The Kier molecular flexibility index (Phi) is 3.38. The molecule has 0 unspecified atom stereocenters. The van der Waals surface area contributed by atoms with E-state index in [1.165, 1.54) is 0 Å². The van der Waals surface area contributed by atoms with Gasteiger partial charge in [-0.3, -0.25) is 4.98 Å². The van der Waals surface area contributed by atoms with Crippen LogP contribution in [0.5, 0.6) is 0 Å². The predicted octanol–water partition coefficient (Wildman–Crippen LogP) is 4.64. The molecule has 0 spiro atoms. The Hall–Kier alpha value is -2.00. The van der Waals surface area contributed by atoms with E-state index in [1.54, 1.807) is 6.20 Å². The zero-order chi connectivity index (χ0) is 15.0. The number of hydrogen-bond acceptors (Lipinski definition) is 3. The molecule has 0 aliphatic rings. The normalized spacial score (nSPS) is 11.8. The van der Waals surface area contributed by atoms with Gasteiger partial charge in [0.2, 0.25) is 0 Å². The number of nitrogens with zero attached hydrogens (tertiary/aromatic N) is 3. The van der Waals surface area contributed by atoms with Crippen LogP contribution in [0.2, 0.25) is 5.15 Å². The number of hydrogen-bond donors (Lipinski definition) is 0. The minimum atomic E-state index is -0.0697. The van der Waals surface area contributed by atoms with Gasteiger partial charge in [-0.05, 0) is 30.3 Å². The van der Waals surface area contributed by atoms with E-state index in [9.17, 15) is 0 Å². The summed E-state index contributed by atoms with van der Waals surface area (Å²) in [6, 6.07) is 11.8. The monoisotopic (exact) mass is 297 g/mol. The molecule has 0 aliphatic heterocycles. The maximum absolute atomic E-state index is 6.16. The summed E-state index contributed by atoms with van der Waals surface area (Å²) in [5, 5.41) is 1.53. The zero-order valence-corrected chi connectivity index (χ0v) is 13.0. The van der Waals surface area contributed by atoms with Gasteiger partial charge in [0, 0.05) is 22.6 Å². The van der Waals surface area contributed by atoms with Crippen molar-refractivity contribution < 1.29 is 0 Å². The van der Waals surface area contributed by atoms with Crippen molar-refractivity contribution in [2.24, 2.45) is 0 Å². The lowest BCUT2D eigenvalue weighted by atomic mass is 9.92. The first-order chi connectivity index (χ1) is 9.93. The summed E-state index contributed by atoms with van der Waals surface area (Å²) in [5.74, 6) is 0.651. The van der Waals surface area contributed by atoms with Crippen LogP contribution in [0.25, 0.3) is 22.3 Å². The molecule has 2 heterocycles. The second-order valence-corrected chi connectivity index (χ2v) is 6.45. The topological polar surface area (TPSA) is 38.7 Å². The maximum Gasteiger partial charge on any atom is 0.161 e. The van der Waals surface area contributed by atoms with Gasteiger partial charge in [-0.2, -0.15) is 0 Å². The minimum Gasteiger partial charge on any atom is -0.256 e. The van der Waals surface area contributed by atoms with Crippen molar-refractivity contribution in [1.82, 2.24) is 15.0 Å². The van der Waals surface area contributed by atoms with E-state index in [4.69, 9.17) is 11.6 Å². The number of halogens is 1. The Bertz CT molecular complexity index is 806. The first-order valence-electron chi connectivity index (χ1n) is 6.84. The molecule has 0 radical (unpaired) electrons. The molecule has 106 valence electrons. The summed E-state index contributed by atoms with van der Waals surface area (Å²) < 4.78 is 0. The molecular weight excluding hydrogens is 282 g/mol. The first-order valence-corrected chi connectivity index (χ1v) is 7.21. The van der Waals surface area contributed by atoms with Gasteiger partial charge in [0.25, 0.3) is 0 Å². The number of pyridine rings is 1. The van der Waals surface area contributed by atoms with Crippen molar-refractivity contribution in [3.63, 3.8) is 0 Å². The molecular formula is C17H16ClN3. The van der Waals surface area contributed by atoms with Gasteiger partial charge in [-0.1, -0.05) is 38.4 Å².